The van der Waals surface area contributed by atoms with Crippen LogP contribution in [-0.4, -0.2) is 13.1 Å². The molecule has 0 heterocycles. The molecule has 0 aliphatic heterocycles. The number of hydrogen-bond donors (Lipinski definition) is 0. The normalized spacial score (nSPS) is 9.50. The van der Waals surface area contributed by atoms with Gasteiger partial charge in [0, 0.05) is 0 Å². The maximum atomic E-state index is 10.8. The lowest BCUT2D eigenvalue weighted by molar-refractivity contribution is -0.136. The second-order valence-corrected chi connectivity index (χ2v) is 2.58. The summed E-state index contributed by atoms with van der Waals surface area (Å²) >= 11 is 0. The van der Waals surface area contributed by atoms with Crippen molar-refractivity contribution in [3.05, 3.63) is 41.8 Å². The van der Waals surface area contributed by atoms with Crippen LogP contribution in [0.5, 0.6) is 0 Å². The minimum absolute atomic E-state index is 0.321. The van der Waals surface area contributed by atoms with Gasteiger partial charge >= 0.3 is 5.97 Å². The van der Waals surface area contributed by atoms with Gasteiger partial charge in [-0.1, -0.05) is 29.8 Å². The molecule has 0 aromatic heterocycles. The van der Waals surface area contributed by atoms with Crippen LogP contribution >= 0.6 is 0 Å². The third-order valence-electron chi connectivity index (χ3n) is 1.56. The van der Waals surface area contributed by atoms with E-state index in [9.17, 15) is 4.79 Å². The summed E-state index contributed by atoms with van der Waals surface area (Å²) in [5.41, 5.74) is 2.05. The first-order valence-electron chi connectivity index (χ1n) is 3.72. The fraction of sp³-hybridized carbons (Fsp3) is 0.200. The number of esters is 1. The van der Waals surface area contributed by atoms with Gasteiger partial charge in [0.2, 0.25) is 0 Å². The highest BCUT2D eigenvalue weighted by molar-refractivity contribution is 5.83. The highest BCUT2D eigenvalue weighted by Crippen LogP contribution is 2.05. The number of methoxy groups -OCH3 is 1. The molecule has 0 amide bonds. The van der Waals surface area contributed by atoms with Gasteiger partial charge < -0.3 is 4.74 Å². The third-order valence-corrected chi connectivity index (χ3v) is 1.56. The molecule has 0 aliphatic carbocycles. The van der Waals surface area contributed by atoms with E-state index in [1.165, 1.54) is 19.1 Å². The SMILES string of the molecule is COC(=O)[CH]c1ccc(C)cc1. The van der Waals surface area contributed by atoms with Crippen LogP contribution in [0.15, 0.2) is 24.3 Å². The van der Waals surface area contributed by atoms with Crippen molar-refractivity contribution >= 4 is 5.97 Å². The number of rotatable bonds is 2. The first kappa shape index (κ1) is 8.78. The molecule has 2 heteroatoms. The largest absolute Gasteiger partial charge is 0.469 e. The van der Waals surface area contributed by atoms with E-state index >= 15 is 0 Å². The molecule has 2 nitrogen and oxygen atoms in total. The highest BCUT2D eigenvalue weighted by atomic mass is 16.5. The third kappa shape index (κ3) is 2.38. The Morgan fingerprint density at radius 2 is 1.92 bits per heavy atom. The number of carbonyl (C=O) groups excluding carboxylic acids is 1. The average Bonchev–Trinajstić information content (AvgIpc) is 2.09. The molecule has 0 fully saturated rings. The van der Waals surface area contributed by atoms with Crippen molar-refractivity contribution in [1.82, 2.24) is 0 Å². The van der Waals surface area contributed by atoms with Crippen LogP contribution in [0.25, 0.3) is 0 Å². The lowest BCUT2D eigenvalue weighted by Gasteiger charge is -1.98. The molecule has 0 atom stereocenters. The maximum absolute atomic E-state index is 10.8. The first-order valence-corrected chi connectivity index (χ1v) is 3.72. The van der Waals surface area contributed by atoms with Crippen molar-refractivity contribution < 1.29 is 9.53 Å². The second-order valence-electron chi connectivity index (χ2n) is 2.58. The molecule has 63 valence electrons. The predicted octanol–water partition coefficient (Wildman–Crippen LogP) is 1.72. The fourth-order valence-corrected chi connectivity index (χ4v) is 0.858. The molecule has 0 saturated carbocycles. The second kappa shape index (κ2) is 3.90. The van der Waals surface area contributed by atoms with E-state index in [0.717, 1.165) is 5.56 Å². The summed E-state index contributed by atoms with van der Waals surface area (Å²) in [6.07, 6.45) is 1.46. The molecular formula is C10H11O2. The molecule has 1 radical (unpaired) electrons. The smallest absolute Gasteiger partial charge is 0.314 e. The van der Waals surface area contributed by atoms with Crippen LogP contribution in [0.1, 0.15) is 11.1 Å². The number of ether oxygens (including phenoxy) is 1. The van der Waals surface area contributed by atoms with Gasteiger partial charge in [-0.15, -0.1) is 0 Å². The Morgan fingerprint density at radius 1 is 1.33 bits per heavy atom. The maximum Gasteiger partial charge on any atom is 0.314 e. The Balaban J connectivity index is 2.64. The summed E-state index contributed by atoms with van der Waals surface area (Å²) in [7, 11) is 1.37. The standard InChI is InChI=1S/C10H11O2/c1-8-3-5-9(6-4-8)7-10(11)12-2/h3-7H,1-2H3. The molecular weight excluding hydrogens is 152 g/mol. The zero-order valence-electron chi connectivity index (χ0n) is 7.20. The van der Waals surface area contributed by atoms with Crippen molar-refractivity contribution in [1.29, 1.82) is 0 Å². The summed E-state index contributed by atoms with van der Waals surface area (Å²) in [5.74, 6) is -0.321. The molecule has 0 saturated heterocycles. The van der Waals surface area contributed by atoms with Gasteiger partial charge in [-0.25, -0.2) is 0 Å². The Morgan fingerprint density at radius 3 is 2.42 bits per heavy atom. The minimum Gasteiger partial charge on any atom is -0.469 e. The van der Waals surface area contributed by atoms with Crippen LogP contribution in [0.3, 0.4) is 0 Å². The van der Waals surface area contributed by atoms with Crippen molar-refractivity contribution in [2.75, 3.05) is 7.11 Å². The highest BCUT2D eigenvalue weighted by Gasteiger charge is 2.01. The summed E-state index contributed by atoms with van der Waals surface area (Å²) in [6.45, 7) is 2.00. The summed E-state index contributed by atoms with van der Waals surface area (Å²) < 4.78 is 4.49. The molecule has 1 aromatic rings. The monoisotopic (exact) mass is 163 g/mol. The lowest BCUT2D eigenvalue weighted by Crippen LogP contribution is -2.01. The van der Waals surface area contributed by atoms with Crippen molar-refractivity contribution in [3.63, 3.8) is 0 Å². The van der Waals surface area contributed by atoms with E-state index in [-0.39, 0.29) is 5.97 Å². The molecule has 0 N–H and O–H groups in total. The summed E-state index contributed by atoms with van der Waals surface area (Å²) in [6, 6.07) is 7.67. The van der Waals surface area contributed by atoms with Crippen molar-refractivity contribution in [2.24, 2.45) is 0 Å². The molecule has 0 bridgehead atoms. The van der Waals surface area contributed by atoms with E-state index in [1.54, 1.807) is 0 Å². The Hall–Kier alpha value is -1.31. The Labute approximate surface area is 72.2 Å². The molecule has 0 aliphatic rings. The first-order chi connectivity index (χ1) is 5.72. The van der Waals surface area contributed by atoms with Crippen LogP contribution in [0, 0.1) is 13.3 Å². The van der Waals surface area contributed by atoms with Crippen LogP contribution in [0.4, 0.5) is 0 Å². The van der Waals surface area contributed by atoms with E-state index in [1.807, 2.05) is 31.2 Å². The zero-order valence-corrected chi connectivity index (χ0v) is 7.20. The van der Waals surface area contributed by atoms with Gasteiger partial charge in [0.15, 0.2) is 0 Å². The van der Waals surface area contributed by atoms with E-state index in [2.05, 4.69) is 4.74 Å². The van der Waals surface area contributed by atoms with Gasteiger partial charge in [-0.2, -0.15) is 0 Å². The summed E-state index contributed by atoms with van der Waals surface area (Å²) in [5, 5.41) is 0. The van der Waals surface area contributed by atoms with Gasteiger partial charge in [-0.05, 0) is 12.5 Å². The van der Waals surface area contributed by atoms with Crippen LogP contribution in [0.2, 0.25) is 0 Å². The number of carbonyl (C=O) groups is 1. The molecule has 1 aromatic carbocycles. The van der Waals surface area contributed by atoms with E-state index in [4.69, 9.17) is 0 Å². The number of hydrogen-bond acceptors (Lipinski definition) is 2. The van der Waals surface area contributed by atoms with Gasteiger partial charge in [0.25, 0.3) is 0 Å². The molecule has 1 rings (SSSR count). The van der Waals surface area contributed by atoms with Crippen molar-refractivity contribution in [3.8, 4) is 0 Å². The topological polar surface area (TPSA) is 26.3 Å². The Bertz CT molecular complexity index is 262. The van der Waals surface area contributed by atoms with Gasteiger partial charge in [-0.3, -0.25) is 4.79 Å². The average molecular weight is 163 g/mol. The van der Waals surface area contributed by atoms with E-state index in [0.29, 0.717) is 0 Å². The minimum atomic E-state index is -0.321. The molecule has 12 heavy (non-hydrogen) atoms. The number of benzene rings is 1. The predicted molar refractivity (Wildman–Crippen MR) is 46.6 cm³/mol. The summed E-state index contributed by atoms with van der Waals surface area (Å²) in [4.78, 5) is 10.8. The zero-order chi connectivity index (χ0) is 8.97. The fourth-order valence-electron chi connectivity index (χ4n) is 0.858. The Kier molecular flexibility index (Phi) is 2.86. The quantitative estimate of drug-likeness (QED) is 0.620. The molecule has 0 spiro atoms. The lowest BCUT2D eigenvalue weighted by atomic mass is 10.1. The molecule has 0 unspecified atom stereocenters. The van der Waals surface area contributed by atoms with E-state index < -0.39 is 0 Å². The van der Waals surface area contributed by atoms with Crippen LogP contribution < -0.4 is 0 Å². The van der Waals surface area contributed by atoms with Crippen LogP contribution in [-0.2, 0) is 9.53 Å². The van der Waals surface area contributed by atoms with Gasteiger partial charge in [0.05, 0.1) is 13.5 Å². The van der Waals surface area contributed by atoms with Crippen molar-refractivity contribution in [2.45, 2.75) is 6.92 Å². The van der Waals surface area contributed by atoms with Gasteiger partial charge in [0.1, 0.15) is 0 Å². The number of aryl methyl sites for hydroxylation is 1.